The van der Waals surface area contributed by atoms with Gasteiger partial charge in [0.15, 0.2) is 5.17 Å². The van der Waals surface area contributed by atoms with Gasteiger partial charge in [0.1, 0.15) is 5.75 Å². The fourth-order valence-corrected chi connectivity index (χ4v) is 3.39. The molecular formula is C17H14BrN3O2S. The molecule has 24 heavy (non-hydrogen) atoms. The first kappa shape index (κ1) is 16.7. The van der Waals surface area contributed by atoms with Crippen LogP contribution in [0.2, 0.25) is 0 Å². The molecule has 0 radical (unpaired) electrons. The second kappa shape index (κ2) is 7.63. The second-order valence-corrected chi connectivity index (χ2v) is 7.24. The lowest BCUT2D eigenvalue weighted by atomic mass is 10.1. The summed E-state index contributed by atoms with van der Waals surface area (Å²) in [5.41, 5.74) is 1.66. The first-order valence-electron chi connectivity index (χ1n) is 7.23. The SMILES string of the molecule is O=C1NC(=NN=Cc2ccccc2O)S[C@@H]1Cc1ccc(Br)cc1. The molecule has 0 bridgehead atoms. The van der Waals surface area contributed by atoms with Gasteiger partial charge in [0.25, 0.3) is 0 Å². The van der Waals surface area contributed by atoms with Crippen molar-refractivity contribution >= 4 is 45.0 Å². The molecule has 0 unspecified atom stereocenters. The Morgan fingerprint density at radius 2 is 1.96 bits per heavy atom. The van der Waals surface area contributed by atoms with E-state index in [0.29, 0.717) is 17.2 Å². The molecule has 2 aromatic carbocycles. The van der Waals surface area contributed by atoms with Crippen LogP contribution in [-0.4, -0.2) is 27.6 Å². The third kappa shape index (κ3) is 4.24. The molecule has 2 N–H and O–H groups in total. The number of hydrogen-bond donors (Lipinski definition) is 2. The second-order valence-electron chi connectivity index (χ2n) is 5.13. The average molecular weight is 404 g/mol. The fraction of sp³-hybridized carbons (Fsp3) is 0.118. The summed E-state index contributed by atoms with van der Waals surface area (Å²) in [7, 11) is 0. The van der Waals surface area contributed by atoms with Crippen molar-refractivity contribution in [2.75, 3.05) is 0 Å². The number of nitrogens with one attached hydrogen (secondary N) is 1. The van der Waals surface area contributed by atoms with Crippen LogP contribution in [0, 0.1) is 0 Å². The van der Waals surface area contributed by atoms with Gasteiger partial charge >= 0.3 is 0 Å². The number of nitrogens with zero attached hydrogens (tertiary/aromatic N) is 2. The van der Waals surface area contributed by atoms with E-state index < -0.39 is 0 Å². The molecule has 0 aromatic heterocycles. The molecule has 122 valence electrons. The van der Waals surface area contributed by atoms with E-state index in [4.69, 9.17) is 0 Å². The number of rotatable bonds is 4. The van der Waals surface area contributed by atoms with Gasteiger partial charge in [-0.3, -0.25) is 4.79 Å². The molecule has 1 atom stereocenters. The topological polar surface area (TPSA) is 74.0 Å². The molecule has 1 heterocycles. The summed E-state index contributed by atoms with van der Waals surface area (Å²) in [5, 5.41) is 20.6. The molecular weight excluding hydrogens is 390 g/mol. The minimum Gasteiger partial charge on any atom is -0.507 e. The zero-order valence-corrected chi connectivity index (χ0v) is 14.9. The standard InChI is InChI=1S/C17H14BrN3O2S/c18-13-7-5-11(6-8-13)9-15-16(23)20-17(24-15)21-19-10-12-3-1-2-4-14(12)22/h1-8,10,15,22H,9H2,(H,20,21,23)/t15-/m1/s1. The van der Waals surface area contributed by atoms with Crippen LogP contribution in [0.4, 0.5) is 0 Å². The number of phenols is 1. The predicted octanol–water partition coefficient (Wildman–Crippen LogP) is 3.32. The number of amidine groups is 1. The Labute approximate surface area is 152 Å². The van der Waals surface area contributed by atoms with E-state index in [1.165, 1.54) is 18.0 Å². The van der Waals surface area contributed by atoms with E-state index in [1.54, 1.807) is 24.3 Å². The third-order valence-corrected chi connectivity index (χ3v) is 4.99. The molecule has 1 aliphatic heterocycles. The number of thioether (sulfide) groups is 1. The molecule has 1 amide bonds. The van der Waals surface area contributed by atoms with Crippen molar-refractivity contribution in [3.8, 4) is 5.75 Å². The maximum Gasteiger partial charge on any atom is 0.239 e. The van der Waals surface area contributed by atoms with Crippen LogP contribution in [0.5, 0.6) is 5.75 Å². The van der Waals surface area contributed by atoms with Crippen molar-refractivity contribution in [2.24, 2.45) is 10.2 Å². The summed E-state index contributed by atoms with van der Waals surface area (Å²) in [4.78, 5) is 12.0. The quantitative estimate of drug-likeness (QED) is 0.607. The van der Waals surface area contributed by atoms with Gasteiger partial charge in [-0.15, -0.1) is 5.10 Å². The molecule has 0 saturated carbocycles. The van der Waals surface area contributed by atoms with Crippen molar-refractivity contribution in [1.29, 1.82) is 0 Å². The first-order valence-corrected chi connectivity index (χ1v) is 8.90. The number of carbonyl (C=O) groups excluding carboxylic acids is 1. The van der Waals surface area contributed by atoms with Crippen LogP contribution in [0.25, 0.3) is 0 Å². The summed E-state index contributed by atoms with van der Waals surface area (Å²) in [6, 6.07) is 14.7. The van der Waals surface area contributed by atoms with E-state index in [1.807, 2.05) is 24.3 Å². The van der Waals surface area contributed by atoms with Crippen LogP contribution in [0.1, 0.15) is 11.1 Å². The number of para-hydroxylation sites is 1. The number of halogens is 1. The zero-order chi connectivity index (χ0) is 16.9. The molecule has 2 aromatic rings. The van der Waals surface area contributed by atoms with Crippen LogP contribution >= 0.6 is 27.7 Å². The molecule has 5 nitrogen and oxygen atoms in total. The normalized spacial score (nSPS) is 19.1. The van der Waals surface area contributed by atoms with Crippen LogP contribution < -0.4 is 5.32 Å². The van der Waals surface area contributed by atoms with E-state index in [-0.39, 0.29) is 16.9 Å². The highest BCUT2D eigenvalue weighted by molar-refractivity contribution is 9.10. The Kier molecular flexibility index (Phi) is 5.32. The summed E-state index contributed by atoms with van der Waals surface area (Å²) >= 11 is 4.75. The van der Waals surface area contributed by atoms with Crippen LogP contribution in [0.3, 0.4) is 0 Å². The van der Waals surface area contributed by atoms with Gasteiger partial charge in [-0.05, 0) is 36.2 Å². The maximum atomic E-state index is 12.0. The van der Waals surface area contributed by atoms with Crippen molar-refractivity contribution in [1.82, 2.24) is 5.32 Å². The van der Waals surface area contributed by atoms with Gasteiger partial charge in [-0.1, -0.05) is 52.0 Å². The number of hydrogen-bond acceptors (Lipinski definition) is 5. The number of amides is 1. The molecule has 7 heteroatoms. The van der Waals surface area contributed by atoms with E-state index in [2.05, 4.69) is 31.4 Å². The minimum absolute atomic E-state index is 0.0700. The highest BCUT2D eigenvalue weighted by Gasteiger charge is 2.30. The Morgan fingerprint density at radius 1 is 1.21 bits per heavy atom. The summed E-state index contributed by atoms with van der Waals surface area (Å²) in [6.45, 7) is 0. The van der Waals surface area contributed by atoms with Gasteiger partial charge in [0, 0.05) is 10.0 Å². The van der Waals surface area contributed by atoms with Gasteiger partial charge in [0.2, 0.25) is 5.91 Å². The molecule has 3 rings (SSSR count). The summed E-state index contributed by atoms with van der Waals surface area (Å²) < 4.78 is 1.01. The van der Waals surface area contributed by atoms with Crippen molar-refractivity contribution in [3.63, 3.8) is 0 Å². The third-order valence-electron chi connectivity index (χ3n) is 3.39. The van der Waals surface area contributed by atoms with Gasteiger partial charge < -0.3 is 10.4 Å². The highest BCUT2D eigenvalue weighted by Crippen LogP contribution is 2.24. The smallest absolute Gasteiger partial charge is 0.239 e. The van der Waals surface area contributed by atoms with Gasteiger partial charge in [-0.2, -0.15) is 5.10 Å². The number of carbonyl (C=O) groups is 1. The Balaban J connectivity index is 1.63. The molecule has 1 saturated heterocycles. The van der Waals surface area contributed by atoms with Crippen LogP contribution in [-0.2, 0) is 11.2 Å². The van der Waals surface area contributed by atoms with Gasteiger partial charge in [0.05, 0.1) is 11.5 Å². The first-order chi connectivity index (χ1) is 11.6. The Bertz CT molecular complexity index is 806. The Morgan fingerprint density at radius 3 is 2.71 bits per heavy atom. The number of phenolic OH excluding ortho intramolecular Hbond substituents is 1. The fourth-order valence-electron chi connectivity index (χ4n) is 2.16. The van der Waals surface area contributed by atoms with Crippen LogP contribution in [0.15, 0.2) is 63.2 Å². The number of aromatic hydroxyl groups is 1. The largest absolute Gasteiger partial charge is 0.507 e. The lowest BCUT2D eigenvalue weighted by molar-refractivity contribution is -0.118. The summed E-state index contributed by atoms with van der Waals surface area (Å²) in [6.07, 6.45) is 2.09. The Hall–Kier alpha value is -2.12. The molecule has 0 spiro atoms. The average Bonchev–Trinajstić information content (AvgIpc) is 2.91. The molecule has 1 aliphatic rings. The van der Waals surface area contributed by atoms with E-state index in [0.717, 1.165) is 10.0 Å². The van der Waals surface area contributed by atoms with Crippen molar-refractivity contribution in [3.05, 3.63) is 64.1 Å². The monoisotopic (exact) mass is 403 g/mol. The highest BCUT2D eigenvalue weighted by atomic mass is 79.9. The van der Waals surface area contributed by atoms with E-state index in [9.17, 15) is 9.90 Å². The lowest BCUT2D eigenvalue weighted by Gasteiger charge is -2.05. The van der Waals surface area contributed by atoms with Crippen molar-refractivity contribution < 1.29 is 9.90 Å². The molecule has 0 aliphatic carbocycles. The molecule has 1 fully saturated rings. The number of benzene rings is 2. The maximum absolute atomic E-state index is 12.0. The minimum atomic E-state index is -0.217. The predicted molar refractivity (Wildman–Crippen MR) is 101 cm³/mol. The van der Waals surface area contributed by atoms with Gasteiger partial charge in [-0.25, -0.2) is 0 Å². The van der Waals surface area contributed by atoms with Crippen molar-refractivity contribution in [2.45, 2.75) is 11.7 Å². The van der Waals surface area contributed by atoms with E-state index >= 15 is 0 Å². The lowest BCUT2D eigenvalue weighted by Crippen LogP contribution is -2.25. The zero-order valence-electron chi connectivity index (χ0n) is 12.5. The summed E-state index contributed by atoms with van der Waals surface area (Å²) in [5.74, 6) is 0.0668.